The van der Waals surface area contributed by atoms with E-state index < -0.39 is 0 Å². The van der Waals surface area contributed by atoms with Crippen molar-refractivity contribution in [3.8, 4) is 0 Å². The maximum atomic E-state index is 13.7. The van der Waals surface area contributed by atoms with E-state index in [9.17, 15) is 4.39 Å². The summed E-state index contributed by atoms with van der Waals surface area (Å²) in [5.74, 6) is 0.591. The van der Waals surface area contributed by atoms with Crippen molar-refractivity contribution in [3.63, 3.8) is 0 Å². The van der Waals surface area contributed by atoms with E-state index in [1.54, 1.807) is 18.3 Å². The molecule has 5 nitrogen and oxygen atoms in total. The van der Waals surface area contributed by atoms with E-state index in [0.29, 0.717) is 6.54 Å². The summed E-state index contributed by atoms with van der Waals surface area (Å²) in [5.41, 5.74) is 1.86. The Kier molecular flexibility index (Phi) is 4.72. The Hall–Kier alpha value is -2.47. The average Bonchev–Trinajstić information content (AvgIpc) is 3.17. The van der Waals surface area contributed by atoms with Crippen molar-refractivity contribution in [1.82, 2.24) is 24.6 Å². The Labute approximate surface area is 147 Å². The smallest absolute Gasteiger partial charge is 0.130 e. The molecule has 2 heterocycles. The van der Waals surface area contributed by atoms with Crippen molar-refractivity contribution in [3.05, 3.63) is 71.8 Å². The Bertz CT molecular complexity index is 843. The SMILES string of the molecule is Cn1ccnc1[C@H](NCc1cnn(C(C)(C)C)c1)c1cccc(F)c1. The number of hydrogen-bond donors (Lipinski definition) is 1. The van der Waals surface area contributed by atoms with Crippen LogP contribution in [0.3, 0.4) is 0 Å². The van der Waals surface area contributed by atoms with E-state index in [2.05, 4.69) is 36.2 Å². The van der Waals surface area contributed by atoms with Crippen molar-refractivity contribution in [2.75, 3.05) is 0 Å². The fourth-order valence-electron chi connectivity index (χ4n) is 2.74. The second kappa shape index (κ2) is 6.80. The van der Waals surface area contributed by atoms with Gasteiger partial charge in [-0.25, -0.2) is 9.37 Å². The first-order valence-electron chi connectivity index (χ1n) is 8.34. The number of aromatic nitrogens is 4. The van der Waals surface area contributed by atoms with Gasteiger partial charge in [0, 0.05) is 37.7 Å². The second-order valence-electron chi connectivity index (χ2n) is 7.23. The van der Waals surface area contributed by atoms with Crippen LogP contribution in [0.25, 0.3) is 0 Å². The Balaban J connectivity index is 1.84. The van der Waals surface area contributed by atoms with Gasteiger partial charge in [0.2, 0.25) is 0 Å². The van der Waals surface area contributed by atoms with Gasteiger partial charge in [-0.3, -0.25) is 10.00 Å². The number of halogens is 1. The molecule has 0 aliphatic rings. The van der Waals surface area contributed by atoms with Gasteiger partial charge in [-0.1, -0.05) is 12.1 Å². The van der Waals surface area contributed by atoms with Crippen LogP contribution in [0.5, 0.6) is 0 Å². The first-order chi connectivity index (χ1) is 11.8. The van der Waals surface area contributed by atoms with Crippen LogP contribution in [0.1, 0.15) is 43.8 Å². The fraction of sp³-hybridized carbons (Fsp3) is 0.368. The van der Waals surface area contributed by atoms with Crippen molar-refractivity contribution in [2.24, 2.45) is 7.05 Å². The Morgan fingerprint density at radius 2 is 2.08 bits per heavy atom. The lowest BCUT2D eigenvalue weighted by molar-refractivity contribution is 0.355. The summed E-state index contributed by atoms with van der Waals surface area (Å²) in [6.07, 6.45) is 7.54. The number of aryl methyl sites for hydroxylation is 1. The van der Waals surface area contributed by atoms with Crippen LogP contribution in [-0.4, -0.2) is 19.3 Å². The minimum atomic E-state index is -0.251. The zero-order valence-corrected chi connectivity index (χ0v) is 15.1. The average molecular weight is 341 g/mol. The third-order valence-electron chi connectivity index (χ3n) is 4.13. The maximum Gasteiger partial charge on any atom is 0.130 e. The predicted octanol–water partition coefficient (Wildman–Crippen LogP) is 3.39. The lowest BCUT2D eigenvalue weighted by atomic mass is 10.1. The molecule has 2 aromatic heterocycles. The van der Waals surface area contributed by atoms with Gasteiger partial charge in [-0.05, 0) is 38.5 Å². The molecule has 1 aromatic carbocycles. The third kappa shape index (κ3) is 3.96. The molecule has 1 N–H and O–H groups in total. The molecule has 0 radical (unpaired) electrons. The highest BCUT2D eigenvalue weighted by Crippen LogP contribution is 2.22. The molecule has 0 aliphatic carbocycles. The van der Waals surface area contributed by atoms with Crippen LogP contribution in [0.15, 0.2) is 49.1 Å². The molecule has 0 saturated carbocycles. The van der Waals surface area contributed by atoms with Crippen molar-refractivity contribution in [1.29, 1.82) is 0 Å². The molecule has 25 heavy (non-hydrogen) atoms. The fourth-order valence-corrected chi connectivity index (χ4v) is 2.74. The van der Waals surface area contributed by atoms with Gasteiger partial charge in [0.25, 0.3) is 0 Å². The first kappa shape index (κ1) is 17.4. The molecule has 3 aromatic rings. The molecule has 0 saturated heterocycles. The highest BCUT2D eigenvalue weighted by Gasteiger charge is 2.19. The van der Waals surface area contributed by atoms with Gasteiger partial charge in [0.15, 0.2) is 0 Å². The van der Waals surface area contributed by atoms with E-state index >= 15 is 0 Å². The third-order valence-corrected chi connectivity index (χ3v) is 4.13. The molecule has 0 amide bonds. The monoisotopic (exact) mass is 341 g/mol. The molecule has 0 bridgehead atoms. The second-order valence-corrected chi connectivity index (χ2v) is 7.23. The minimum Gasteiger partial charge on any atom is -0.336 e. The predicted molar refractivity (Wildman–Crippen MR) is 95.5 cm³/mol. The van der Waals surface area contributed by atoms with E-state index in [-0.39, 0.29) is 17.4 Å². The van der Waals surface area contributed by atoms with Crippen molar-refractivity contribution in [2.45, 2.75) is 38.9 Å². The maximum absolute atomic E-state index is 13.7. The molecule has 132 valence electrons. The summed E-state index contributed by atoms with van der Waals surface area (Å²) < 4.78 is 17.6. The standard InChI is InChI=1S/C19H24FN5/c1-19(2,3)25-13-14(12-23-25)11-22-17(18-21-8-9-24(18)4)15-6-5-7-16(20)10-15/h5-10,12-13,17,22H,11H2,1-4H3/t17-/m1/s1. The highest BCUT2D eigenvalue weighted by atomic mass is 19.1. The largest absolute Gasteiger partial charge is 0.336 e. The number of hydrogen-bond acceptors (Lipinski definition) is 3. The van der Waals surface area contributed by atoms with E-state index in [1.807, 2.05) is 41.0 Å². The van der Waals surface area contributed by atoms with Crippen LogP contribution in [0.4, 0.5) is 4.39 Å². The molecule has 0 spiro atoms. The number of nitrogens with one attached hydrogen (secondary N) is 1. The van der Waals surface area contributed by atoms with Crippen LogP contribution in [0, 0.1) is 5.82 Å². The quantitative estimate of drug-likeness (QED) is 0.774. The lowest BCUT2D eigenvalue weighted by Gasteiger charge is -2.20. The van der Waals surface area contributed by atoms with E-state index in [1.165, 1.54) is 6.07 Å². The molecule has 6 heteroatoms. The van der Waals surface area contributed by atoms with E-state index in [4.69, 9.17) is 0 Å². The summed E-state index contributed by atoms with van der Waals surface area (Å²) >= 11 is 0. The summed E-state index contributed by atoms with van der Waals surface area (Å²) in [4.78, 5) is 4.44. The molecule has 0 unspecified atom stereocenters. The van der Waals surface area contributed by atoms with Gasteiger partial charge in [0.05, 0.1) is 17.8 Å². The Morgan fingerprint density at radius 1 is 1.28 bits per heavy atom. The topological polar surface area (TPSA) is 47.7 Å². The van der Waals surface area contributed by atoms with Gasteiger partial charge in [0.1, 0.15) is 11.6 Å². The van der Waals surface area contributed by atoms with Gasteiger partial charge >= 0.3 is 0 Å². The lowest BCUT2D eigenvalue weighted by Crippen LogP contribution is -2.25. The molecule has 1 atom stereocenters. The van der Waals surface area contributed by atoms with Crippen molar-refractivity contribution < 1.29 is 4.39 Å². The summed E-state index contributed by atoms with van der Waals surface area (Å²) in [5, 5.41) is 7.91. The first-order valence-corrected chi connectivity index (χ1v) is 8.34. The highest BCUT2D eigenvalue weighted by molar-refractivity contribution is 5.26. The zero-order valence-electron chi connectivity index (χ0n) is 15.1. The number of nitrogens with zero attached hydrogens (tertiary/aromatic N) is 4. The van der Waals surface area contributed by atoms with Crippen LogP contribution >= 0.6 is 0 Å². The molecule has 0 aliphatic heterocycles. The summed E-state index contributed by atoms with van der Waals surface area (Å²) in [6, 6.07) is 6.43. The van der Waals surface area contributed by atoms with Crippen LogP contribution in [-0.2, 0) is 19.1 Å². The van der Waals surface area contributed by atoms with Crippen LogP contribution < -0.4 is 5.32 Å². The number of benzene rings is 1. The zero-order chi connectivity index (χ0) is 18.0. The normalized spacial score (nSPS) is 13.2. The van der Waals surface area contributed by atoms with Gasteiger partial charge in [-0.15, -0.1) is 0 Å². The van der Waals surface area contributed by atoms with Gasteiger partial charge in [-0.2, -0.15) is 5.10 Å². The molecular weight excluding hydrogens is 317 g/mol. The van der Waals surface area contributed by atoms with E-state index in [0.717, 1.165) is 17.0 Å². The summed E-state index contributed by atoms with van der Waals surface area (Å²) in [6.45, 7) is 6.95. The molecule has 0 fully saturated rings. The molecule has 3 rings (SSSR count). The minimum absolute atomic E-state index is 0.0557. The van der Waals surface area contributed by atoms with Crippen molar-refractivity contribution >= 4 is 0 Å². The Morgan fingerprint density at radius 3 is 2.68 bits per heavy atom. The van der Waals surface area contributed by atoms with Crippen LogP contribution in [0.2, 0.25) is 0 Å². The van der Waals surface area contributed by atoms with Gasteiger partial charge < -0.3 is 4.57 Å². The number of rotatable bonds is 5. The summed E-state index contributed by atoms with van der Waals surface area (Å²) in [7, 11) is 1.94. The number of imidazole rings is 1. The molecular formula is C19H24FN5.